The molecule has 2 aromatic rings. The van der Waals surface area contributed by atoms with E-state index in [-0.39, 0.29) is 10.6 Å². The number of thiophene rings is 1. The fourth-order valence-corrected chi connectivity index (χ4v) is 3.90. The summed E-state index contributed by atoms with van der Waals surface area (Å²) < 4.78 is 31.6. The van der Waals surface area contributed by atoms with Crippen molar-refractivity contribution in [3.05, 3.63) is 35.3 Å². The number of nitrogens with zero attached hydrogens (tertiary/aromatic N) is 1. The Kier molecular flexibility index (Phi) is 4.43. The molecule has 2 aromatic heterocycles. The quantitative estimate of drug-likeness (QED) is 0.834. The third kappa shape index (κ3) is 3.92. The number of aromatic nitrogens is 1. The van der Waals surface area contributed by atoms with Crippen molar-refractivity contribution in [1.29, 1.82) is 0 Å². The number of pyridine rings is 1. The first-order valence-corrected chi connectivity index (χ1v) is 8.04. The van der Waals surface area contributed by atoms with Gasteiger partial charge in [0.15, 0.2) is 0 Å². The molecule has 2 rings (SSSR count). The van der Waals surface area contributed by atoms with E-state index in [2.05, 4.69) is 9.71 Å². The van der Waals surface area contributed by atoms with Gasteiger partial charge in [0, 0.05) is 10.9 Å². The monoisotopic (exact) mass is 328 g/mol. The molecule has 0 bridgehead atoms. The van der Waals surface area contributed by atoms with Crippen molar-refractivity contribution in [3.8, 4) is 5.88 Å². The maximum Gasteiger partial charge on any atom is 0.308 e. The lowest BCUT2D eigenvalue weighted by Crippen LogP contribution is -2.11. The molecule has 9 heteroatoms. The fourth-order valence-electron chi connectivity index (χ4n) is 1.51. The molecule has 0 aromatic carbocycles. The van der Waals surface area contributed by atoms with Crippen LogP contribution in [0.15, 0.2) is 34.7 Å². The second-order valence-electron chi connectivity index (χ2n) is 3.99. The minimum atomic E-state index is -3.75. The van der Waals surface area contributed by atoms with Crippen LogP contribution in [0.1, 0.15) is 4.88 Å². The zero-order valence-electron chi connectivity index (χ0n) is 10.9. The van der Waals surface area contributed by atoms with Gasteiger partial charge in [-0.15, -0.1) is 11.3 Å². The van der Waals surface area contributed by atoms with Gasteiger partial charge in [-0.3, -0.25) is 9.52 Å². The molecule has 0 saturated carbocycles. The van der Waals surface area contributed by atoms with Gasteiger partial charge in [-0.1, -0.05) is 0 Å². The van der Waals surface area contributed by atoms with Crippen LogP contribution in [-0.4, -0.2) is 31.6 Å². The van der Waals surface area contributed by atoms with Crippen LogP contribution in [0, 0.1) is 0 Å². The summed E-state index contributed by atoms with van der Waals surface area (Å²) in [7, 11) is -2.29. The fraction of sp³-hybridized carbons (Fsp3) is 0.167. The van der Waals surface area contributed by atoms with E-state index >= 15 is 0 Å². The Morgan fingerprint density at radius 2 is 2.14 bits per heavy atom. The Morgan fingerprint density at radius 1 is 1.38 bits per heavy atom. The van der Waals surface area contributed by atoms with Crippen molar-refractivity contribution in [2.75, 3.05) is 11.8 Å². The maximum atomic E-state index is 12.1. The topological polar surface area (TPSA) is 106 Å². The highest BCUT2D eigenvalue weighted by molar-refractivity contribution is 7.94. The summed E-state index contributed by atoms with van der Waals surface area (Å²) in [4.78, 5) is 15.0. The number of ether oxygens (including phenoxy) is 1. The molecule has 0 unspecified atom stereocenters. The molecule has 0 radical (unpaired) electrons. The number of rotatable bonds is 6. The number of sulfonamides is 1. The third-order valence-electron chi connectivity index (χ3n) is 2.43. The lowest BCUT2D eigenvalue weighted by Gasteiger charge is -2.06. The van der Waals surface area contributed by atoms with Crippen LogP contribution in [0.4, 0.5) is 5.69 Å². The minimum absolute atomic E-state index is 0.0505. The van der Waals surface area contributed by atoms with E-state index in [1.165, 1.54) is 37.6 Å². The number of hydrogen-bond donors (Lipinski definition) is 2. The Hall–Kier alpha value is -2.13. The Bertz CT molecular complexity index is 737. The number of aliphatic carboxylic acids is 1. The van der Waals surface area contributed by atoms with E-state index in [0.717, 1.165) is 11.3 Å². The van der Waals surface area contributed by atoms with Gasteiger partial charge in [0.1, 0.15) is 4.21 Å². The molecular weight excluding hydrogens is 316 g/mol. The van der Waals surface area contributed by atoms with E-state index in [1.807, 2.05) is 0 Å². The summed E-state index contributed by atoms with van der Waals surface area (Å²) >= 11 is 0.919. The molecule has 2 heterocycles. The molecule has 7 nitrogen and oxygen atoms in total. The second-order valence-corrected chi connectivity index (χ2v) is 7.06. The molecule has 0 atom stereocenters. The maximum absolute atomic E-state index is 12.1. The first-order valence-electron chi connectivity index (χ1n) is 5.74. The van der Waals surface area contributed by atoms with Gasteiger partial charge in [0.25, 0.3) is 10.0 Å². The number of carboxylic acid groups (broad SMARTS) is 1. The predicted octanol–water partition coefficient (Wildman–Crippen LogP) is 1.58. The SMILES string of the molecule is COc1ccc(NS(=O)(=O)c2ccc(CC(=O)O)s2)cn1. The summed E-state index contributed by atoms with van der Waals surface area (Å²) in [5.74, 6) is -0.633. The standard InChI is InChI=1S/C12H12N2O5S2/c1-19-10-4-2-8(7-13-10)14-21(17,18)12-5-3-9(20-12)6-11(15)16/h2-5,7,14H,6H2,1H3,(H,15,16). The highest BCUT2D eigenvalue weighted by atomic mass is 32.2. The number of methoxy groups -OCH3 is 1. The highest BCUT2D eigenvalue weighted by Gasteiger charge is 2.18. The smallest absolute Gasteiger partial charge is 0.308 e. The van der Waals surface area contributed by atoms with Crippen molar-refractivity contribution in [2.24, 2.45) is 0 Å². The van der Waals surface area contributed by atoms with Gasteiger partial charge < -0.3 is 9.84 Å². The zero-order valence-corrected chi connectivity index (χ0v) is 12.6. The second kappa shape index (κ2) is 6.10. The van der Waals surface area contributed by atoms with Crippen LogP contribution in [-0.2, 0) is 21.2 Å². The molecular formula is C12H12N2O5S2. The van der Waals surface area contributed by atoms with Crippen molar-refractivity contribution in [1.82, 2.24) is 4.98 Å². The lowest BCUT2D eigenvalue weighted by atomic mass is 10.3. The first kappa shape index (κ1) is 15.3. The molecule has 0 aliphatic rings. The minimum Gasteiger partial charge on any atom is -0.481 e. The van der Waals surface area contributed by atoms with Crippen LogP contribution in [0.5, 0.6) is 5.88 Å². The van der Waals surface area contributed by atoms with Crippen molar-refractivity contribution < 1.29 is 23.1 Å². The van der Waals surface area contributed by atoms with Gasteiger partial charge in [0.2, 0.25) is 5.88 Å². The molecule has 0 amide bonds. The average molecular weight is 328 g/mol. The first-order chi connectivity index (χ1) is 9.90. The molecule has 0 aliphatic carbocycles. The van der Waals surface area contributed by atoms with E-state index < -0.39 is 16.0 Å². The van der Waals surface area contributed by atoms with Gasteiger partial charge in [-0.2, -0.15) is 0 Å². The molecule has 0 spiro atoms. The van der Waals surface area contributed by atoms with Crippen LogP contribution < -0.4 is 9.46 Å². The normalized spacial score (nSPS) is 11.1. The lowest BCUT2D eigenvalue weighted by molar-refractivity contribution is -0.136. The van der Waals surface area contributed by atoms with E-state index in [0.29, 0.717) is 16.4 Å². The number of anilines is 1. The molecule has 0 fully saturated rings. The van der Waals surface area contributed by atoms with E-state index in [1.54, 1.807) is 0 Å². The van der Waals surface area contributed by atoms with Gasteiger partial charge in [0.05, 0.1) is 25.4 Å². The number of nitrogens with one attached hydrogen (secondary N) is 1. The van der Waals surface area contributed by atoms with E-state index in [4.69, 9.17) is 9.84 Å². The number of carboxylic acids is 1. The van der Waals surface area contributed by atoms with Crippen molar-refractivity contribution in [3.63, 3.8) is 0 Å². The average Bonchev–Trinajstić information content (AvgIpc) is 2.88. The molecule has 21 heavy (non-hydrogen) atoms. The molecule has 2 N–H and O–H groups in total. The summed E-state index contributed by atoms with van der Waals surface area (Å²) in [5.41, 5.74) is 0.295. The van der Waals surface area contributed by atoms with Crippen molar-refractivity contribution in [2.45, 2.75) is 10.6 Å². The van der Waals surface area contributed by atoms with Gasteiger partial charge in [-0.25, -0.2) is 13.4 Å². The highest BCUT2D eigenvalue weighted by Crippen LogP contribution is 2.24. The number of hydrogen-bond acceptors (Lipinski definition) is 6. The Balaban J connectivity index is 2.17. The summed E-state index contributed by atoms with van der Waals surface area (Å²) in [6.45, 7) is 0. The summed E-state index contributed by atoms with van der Waals surface area (Å²) in [5, 5.41) is 8.69. The van der Waals surface area contributed by atoms with Crippen LogP contribution in [0.2, 0.25) is 0 Å². The van der Waals surface area contributed by atoms with E-state index in [9.17, 15) is 13.2 Å². The summed E-state index contributed by atoms with van der Waals surface area (Å²) in [6.07, 6.45) is 1.13. The Morgan fingerprint density at radius 3 is 2.71 bits per heavy atom. The van der Waals surface area contributed by atoms with Crippen LogP contribution >= 0.6 is 11.3 Å². The van der Waals surface area contributed by atoms with Crippen LogP contribution in [0.3, 0.4) is 0 Å². The predicted molar refractivity (Wildman–Crippen MR) is 77.3 cm³/mol. The Labute approximate surface area is 125 Å². The van der Waals surface area contributed by atoms with Gasteiger partial charge >= 0.3 is 5.97 Å². The molecule has 0 aliphatic heterocycles. The van der Waals surface area contributed by atoms with Crippen molar-refractivity contribution >= 4 is 33.0 Å². The largest absolute Gasteiger partial charge is 0.481 e. The number of carbonyl (C=O) groups is 1. The zero-order chi connectivity index (χ0) is 15.5. The van der Waals surface area contributed by atoms with Gasteiger partial charge in [-0.05, 0) is 18.2 Å². The third-order valence-corrected chi connectivity index (χ3v) is 5.38. The molecule has 0 saturated heterocycles. The molecule has 112 valence electrons. The van der Waals surface area contributed by atoms with Crippen LogP contribution in [0.25, 0.3) is 0 Å². The summed E-state index contributed by atoms with van der Waals surface area (Å²) in [6, 6.07) is 5.92.